The lowest BCUT2D eigenvalue weighted by atomic mass is 9.83. The summed E-state index contributed by atoms with van der Waals surface area (Å²) in [7, 11) is 0. The van der Waals surface area contributed by atoms with E-state index >= 15 is 0 Å². The van der Waals surface area contributed by atoms with E-state index in [1.165, 1.54) is 0 Å². The van der Waals surface area contributed by atoms with Crippen LogP contribution >= 0.6 is 0 Å². The van der Waals surface area contributed by atoms with Crippen molar-refractivity contribution < 1.29 is 29.4 Å². The third kappa shape index (κ3) is 7.94. The summed E-state index contributed by atoms with van der Waals surface area (Å²) in [6.07, 6.45) is 3.92. The minimum Gasteiger partial charge on any atom is -0.481 e. The van der Waals surface area contributed by atoms with E-state index in [1.807, 2.05) is 13.8 Å². The van der Waals surface area contributed by atoms with Crippen molar-refractivity contribution in [2.24, 2.45) is 17.6 Å². The van der Waals surface area contributed by atoms with Crippen LogP contribution in [0.5, 0.6) is 0 Å². The molecule has 0 bridgehead atoms. The first kappa shape index (κ1) is 22.9. The van der Waals surface area contributed by atoms with Crippen molar-refractivity contribution in [3.05, 3.63) is 0 Å². The monoisotopic (exact) mass is 385 g/mol. The highest BCUT2D eigenvalue weighted by atomic mass is 16.4. The van der Waals surface area contributed by atoms with E-state index in [0.29, 0.717) is 19.3 Å². The SMILES string of the molecule is CC(C)C[C@H](N)C(=O)N[C@@H](CC(=O)O)C(=O)N[C@H](C(=O)O)C1CCCCC1. The predicted octanol–water partition coefficient (Wildman–Crippen LogP) is 0.469. The van der Waals surface area contributed by atoms with Crippen LogP contribution in [0.15, 0.2) is 0 Å². The molecule has 1 saturated carbocycles. The predicted molar refractivity (Wildman–Crippen MR) is 97.8 cm³/mol. The zero-order valence-corrected chi connectivity index (χ0v) is 15.9. The second-order valence-electron chi connectivity index (χ2n) is 7.62. The molecule has 6 N–H and O–H groups in total. The molecule has 0 unspecified atom stereocenters. The lowest BCUT2D eigenvalue weighted by Gasteiger charge is -2.29. The first-order valence-electron chi connectivity index (χ1n) is 9.42. The fourth-order valence-electron chi connectivity index (χ4n) is 3.38. The molecule has 2 amide bonds. The van der Waals surface area contributed by atoms with E-state index < -0.39 is 48.3 Å². The highest BCUT2D eigenvalue weighted by Gasteiger charge is 2.34. The van der Waals surface area contributed by atoms with Gasteiger partial charge in [-0.3, -0.25) is 14.4 Å². The maximum absolute atomic E-state index is 12.5. The minimum absolute atomic E-state index is 0.153. The Morgan fingerprint density at radius 3 is 2.07 bits per heavy atom. The molecule has 0 aliphatic heterocycles. The second-order valence-corrected chi connectivity index (χ2v) is 7.62. The van der Waals surface area contributed by atoms with Gasteiger partial charge in [-0.15, -0.1) is 0 Å². The van der Waals surface area contributed by atoms with E-state index in [-0.39, 0.29) is 11.8 Å². The highest BCUT2D eigenvalue weighted by Crippen LogP contribution is 2.26. The van der Waals surface area contributed by atoms with Crippen LogP contribution in [0.2, 0.25) is 0 Å². The number of nitrogens with two attached hydrogens (primary N) is 1. The van der Waals surface area contributed by atoms with Crippen LogP contribution in [0, 0.1) is 11.8 Å². The van der Waals surface area contributed by atoms with Crippen molar-refractivity contribution in [2.45, 2.75) is 76.9 Å². The fraction of sp³-hybridized carbons (Fsp3) is 0.778. The molecular weight excluding hydrogens is 354 g/mol. The molecule has 0 heterocycles. The first-order chi connectivity index (χ1) is 12.6. The molecule has 3 atom stereocenters. The van der Waals surface area contributed by atoms with Gasteiger partial charge in [-0.2, -0.15) is 0 Å². The van der Waals surface area contributed by atoms with Gasteiger partial charge in [0, 0.05) is 0 Å². The van der Waals surface area contributed by atoms with Crippen molar-refractivity contribution >= 4 is 23.8 Å². The second kappa shape index (κ2) is 10.9. The number of nitrogens with one attached hydrogen (secondary N) is 2. The van der Waals surface area contributed by atoms with Gasteiger partial charge in [-0.05, 0) is 31.1 Å². The zero-order valence-electron chi connectivity index (χ0n) is 15.9. The average Bonchev–Trinajstić information content (AvgIpc) is 2.58. The van der Waals surface area contributed by atoms with Gasteiger partial charge in [-0.1, -0.05) is 33.1 Å². The largest absolute Gasteiger partial charge is 0.481 e. The Labute approximate surface area is 159 Å². The van der Waals surface area contributed by atoms with E-state index in [1.54, 1.807) is 0 Å². The molecule has 154 valence electrons. The molecule has 27 heavy (non-hydrogen) atoms. The highest BCUT2D eigenvalue weighted by molar-refractivity contribution is 5.94. The minimum atomic E-state index is -1.38. The van der Waals surface area contributed by atoms with Gasteiger partial charge in [0.25, 0.3) is 0 Å². The number of carbonyl (C=O) groups excluding carboxylic acids is 2. The Bertz CT molecular complexity index is 545. The van der Waals surface area contributed by atoms with Gasteiger partial charge in [0.2, 0.25) is 11.8 Å². The van der Waals surface area contributed by atoms with Crippen LogP contribution in [0.25, 0.3) is 0 Å². The summed E-state index contributed by atoms with van der Waals surface area (Å²) >= 11 is 0. The summed E-state index contributed by atoms with van der Waals surface area (Å²) in [5, 5.41) is 23.3. The van der Waals surface area contributed by atoms with Crippen LogP contribution in [0.1, 0.15) is 58.8 Å². The Hall–Kier alpha value is -2.16. The van der Waals surface area contributed by atoms with Crippen molar-refractivity contribution in [3.8, 4) is 0 Å². The van der Waals surface area contributed by atoms with Crippen molar-refractivity contribution in [3.63, 3.8) is 0 Å². The molecule has 0 aromatic heterocycles. The maximum atomic E-state index is 12.5. The Morgan fingerprint density at radius 2 is 1.59 bits per heavy atom. The van der Waals surface area contributed by atoms with Gasteiger partial charge in [0.1, 0.15) is 12.1 Å². The number of amides is 2. The zero-order chi connectivity index (χ0) is 20.6. The molecular formula is C18H31N3O6. The number of carbonyl (C=O) groups is 4. The first-order valence-corrected chi connectivity index (χ1v) is 9.42. The number of rotatable bonds is 10. The summed E-state index contributed by atoms with van der Waals surface area (Å²) in [5.74, 6) is -3.94. The molecule has 1 aliphatic rings. The van der Waals surface area contributed by atoms with Gasteiger partial charge in [0.15, 0.2) is 0 Å². The molecule has 0 aromatic rings. The lowest BCUT2D eigenvalue weighted by molar-refractivity contribution is -0.145. The molecule has 1 fully saturated rings. The van der Waals surface area contributed by atoms with E-state index in [4.69, 9.17) is 10.8 Å². The van der Waals surface area contributed by atoms with Crippen molar-refractivity contribution in [1.82, 2.24) is 10.6 Å². The topological polar surface area (TPSA) is 159 Å². The summed E-state index contributed by atoms with van der Waals surface area (Å²) in [5.41, 5.74) is 5.78. The van der Waals surface area contributed by atoms with E-state index in [0.717, 1.165) is 19.3 Å². The molecule has 0 aromatic carbocycles. The average molecular weight is 385 g/mol. The number of hydrogen-bond donors (Lipinski definition) is 5. The maximum Gasteiger partial charge on any atom is 0.326 e. The summed E-state index contributed by atoms with van der Waals surface area (Å²) in [6.45, 7) is 3.77. The molecule has 9 heteroatoms. The van der Waals surface area contributed by atoms with E-state index in [9.17, 15) is 24.3 Å². The summed E-state index contributed by atoms with van der Waals surface area (Å²) in [6, 6.07) is -3.35. The third-order valence-electron chi connectivity index (χ3n) is 4.76. The van der Waals surface area contributed by atoms with Gasteiger partial charge < -0.3 is 26.6 Å². The smallest absolute Gasteiger partial charge is 0.326 e. The van der Waals surface area contributed by atoms with Crippen LogP contribution in [0.3, 0.4) is 0 Å². The molecule has 1 aliphatic carbocycles. The van der Waals surface area contributed by atoms with Crippen molar-refractivity contribution in [1.29, 1.82) is 0 Å². The molecule has 1 rings (SSSR count). The fourth-order valence-corrected chi connectivity index (χ4v) is 3.38. The molecule has 0 spiro atoms. The summed E-state index contributed by atoms with van der Waals surface area (Å²) in [4.78, 5) is 47.4. The molecule has 0 saturated heterocycles. The quantitative estimate of drug-likeness (QED) is 0.365. The molecule has 0 radical (unpaired) electrons. The standard InChI is InChI=1S/C18H31N3O6/c1-10(2)8-12(19)16(24)20-13(9-14(22)23)17(25)21-15(18(26)27)11-6-4-3-5-7-11/h10-13,15H,3-9,19H2,1-2H3,(H,20,24)(H,21,25)(H,22,23)(H,26,27)/t12-,13-,15-/m0/s1. The lowest BCUT2D eigenvalue weighted by Crippen LogP contribution is -2.56. The van der Waals surface area contributed by atoms with Gasteiger partial charge >= 0.3 is 11.9 Å². The third-order valence-corrected chi connectivity index (χ3v) is 4.76. The molecule has 9 nitrogen and oxygen atoms in total. The summed E-state index contributed by atoms with van der Waals surface area (Å²) < 4.78 is 0. The van der Waals surface area contributed by atoms with Crippen molar-refractivity contribution in [2.75, 3.05) is 0 Å². The van der Waals surface area contributed by atoms with Crippen LogP contribution < -0.4 is 16.4 Å². The number of aliphatic carboxylic acids is 2. The number of hydrogen-bond acceptors (Lipinski definition) is 5. The van der Waals surface area contributed by atoms with E-state index in [2.05, 4.69) is 10.6 Å². The van der Waals surface area contributed by atoms with Gasteiger partial charge in [0.05, 0.1) is 12.5 Å². The number of carboxylic acids is 2. The Kier molecular flexibility index (Phi) is 9.20. The number of carboxylic acid groups (broad SMARTS) is 2. The Morgan fingerprint density at radius 1 is 1.00 bits per heavy atom. The van der Waals surface area contributed by atoms with Gasteiger partial charge in [-0.25, -0.2) is 4.79 Å². The normalized spacial score (nSPS) is 18.4. The van der Waals surface area contributed by atoms with Crippen LogP contribution in [-0.4, -0.2) is 52.1 Å². The Balaban J connectivity index is 2.81. The van der Waals surface area contributed by atoms with Crippen LogP contribution in [-0.2, 0) is 19.2 Å². The van der Waals surface area contributed by atoms with Crippen LogP contribution in [0.4, 0.5) is 0 Å².